The minimum atomic E-state index is -0.538. The van der Waals surface area contributed by atoms with E-state index in [1.54, 1.807) is 7.11 Å². The molecular formula is C22H20N4O3. The summed E-state index contributed by atoms with van der Waals surface area (Å²) in [6, 6.07) is 17.7. The number of anilines is 1. The van der Waals surface area contributed by atoms with Crippen LogP contribution >= 0.6 is 0 Å². The maximum atomic E-state index is 6.23. The van der Waals surface area contributed by atoms with Gasteiger partial charge in [0.05, 0.1) is 18.2 Å². The normalized spacial score (nSPS) is 18.6. The third kappa shape index (κ3) is 2.91. The molecule has 3 heterocycles. The number of nitrogens with one attached hydrogen (secondary N) is 1. The first-order valence-corrected chi connectivity index (χ1v) is 9.34. The Balaban J connectivity index is 1.84. The molecule has 1 aliphatic heterocycles. The van der Waals surface area contributed by atoms with Gasteiger partial charge in [-0.15, -0.1) is 0 Å². The van der Waals surface area contributed by atoms with Crippen molar-refractivity contribution in [3.05, 3.63) is 60.2 Å². The molecule has 0 saturated carbocycles. The SMILES string of the molecule is COc1ccc(-c2c(C3OC(C)O3)c(-c3ccccc3)nc3[nH]nc(N)c23)cc1. The first-order chi connectivity index (χ1) is 14.2. The zero-order valence-corrected chi connectivity index (χ0v) is 16.0. The van der Waals surface area contributed by atoms with Crippen molar-refractivity contribution in [2.45, 2.75) is 19.5 Å². The Labute approximate surface area is 167 Å². The second-order valence-corrected chi connectivity index (χ2v) is 6.85. The highest BCUT2D eigenvalue weighted by atomic mass is 16.9. The molecule has 0 aliphatic carbocycles. The number of nitrogen functional groups attached to an aromatic ring is 1. The lowest BCUT2D eigenvalue weighted by Gasteiger charge is -2.36. The molecule has 2 aromatic carbocycles. The Kier molecular flexibility index (Phi) is 4.19. The quantitative estimate of drug-likeness (QED) is 0.542. The maximum Gasteiger partial charge on any atom is 0.192 e. The second-order valence-electron chi connectivity index (χ2n) is 6.85. The van der Waals surface area contributed by atoms with Gasteiger partial charge in [0, 0.05) is 16.7 Å². The molecule has 0 unspecified atom stereocenters. The molecular weight excluding hydrogens is 368 g/mol. The summed E-state index contributed by atoms with van der Waals surface area (Å²) in [4.78, 5) is 4.83. The largest absolute Gasteiger partial charge is 0.497 e. The molecule has 7 heteroatoms. The molecule has 29 heavy (non-hydrogen) atoms. The van der Waals surface area contributed by atoms with Crippen LogP contribution in [0.25, 0.3) is 33.4 Å². The number of ether oxygens (including phenoxy) is 3. The van der Waals surface area contributed by atoms with Gasteiger partial charge in [0.2, 0.25) is 0 Å². The first kappa shape index (κ1) is 17.7. The number of H-pyrrole nitrogens is 1. The van der Waals surface area contributed by atoms with Crippen LogP contribution in [-0.4, -0.2) is 28.6 Å². The van der Waals surface area contributed by atoms with Gasteiger partial charge >= 0.3 is 0 Å². The fourth-order valence-corrected chi connectivity index (χ4v) is 3.70. The Morgan fingerprint density at radius 1 is 1.00 bits per heavy atom. The van der Waals surface area contributed by atoms with E-state index in [0.29, 0.717) is 11.5 Å². The molecule has 0 radical (unpaired) electrons. The van der Waals surface area contributed by atoms with Gasteiger partial charge in [0.1, 0.15) is 5.75 Å². The number of methoxy groups -OCH3 is 1. The van der Waals surface area contributed by atoms with Gasteiger partial charge in [-0.3, -0.25) is 5.10 Å². The topological polar surface area (TPSA) is 95.3 Å². The van der Waals surface area contributed by atoms with E-state index in [9.17, 15) is 0 Å². The van der Waals surface area contributed by atoms with Crippen LogP contribution in [-0.2, 0) is 9.47 Å². The molecule has 0 bridgehead atoms. The van der Waals surface area contributed by atoms with E-state index in [4.69, 9.17) is 24.9 Å². The summed E-state index contributed by atoms with van der Waals surface area (Å²) in [7, 11) is 1.64. The standard InChI is InChI=1S/C22H20N4O3/c1-12-28-22(29-12)17-16(13-8-10-15(27-2)11-9-13)18-20(23)25-26-21(18)24-19(17)14-6-4-3-5-7-14/h3-12,22H,1-2H3,(H3,23,24,25,26). The summed E-state index contributed by atoms with van der Waals surface area (Å²) in [5.74, 6) is 1.15. The minimum absolute atomic E-state index is 0.273. The Morgan fingerprint density at radius 2 is 1.72 bits per heavy atom. The maximum absolute atomic E-state index is 6.23. The van der Waals surface area contributed by atoms with Gasteiger partial charge in [-0.2, -0.15) is 5.10 Å². The molecule has 1 saturated heterocycles. The van der Waals surface area contributed by atoms with Crippen molar-refractivity contribution in [2.24, 2.45) is 0 Å². The lowest BCUT2D eigenvalue weighted by atomic mass is 9.92. The Bertz CT molecular complexity index is 1170. The minimum Gasteiger partial charge on any atom is -0.497 e. The van der Waals surface area contributed by atoms with Crippen LogP contribution in [0, 0.1) is 0 Å². The predicted octanol–water partition coefficient (Wildman–Crippen LogP) is 4.27. The molecule has 0 spiro atoms. The van der Waals surface area contributed by atoms with Crippen molar-refractivity contribution in [3.63, 3.8) is 0 Å². The number of nitrogens with two attached hydrogens (primary N) is 1. The molecule has 0 amide bonds. The summed E-state index contributed by atoms with van der Waals surface area (Å²) >= 11 is 0. The number of hydrogen-bond acceptors (Lipinski definition) is 6. The second kappa shape index (κ2) is 6.88. The van der Waals surface area contributed by atoms with Gasteiger partial charge in [-0.05, 0) is 24.6 Å². The lowest BCUT2D eigenvalue weighted by molar-refractivity contribution is -0.382. The summed E-state index contributed by atoms with van der Waals surface area (Å²) in [5, 5.41) is 7.89. The molecule has 2 aromatic heterocycles. The van der Waals surface area contributed by atoms with Gasteiger partial charge in [0.15, 0.2) is 24.0 Å². The molecule has 0 atom stereocenters. The van der Waals surface area contributed by atoms with Gasteiger partial charge in [-0.1, -0.05) is 42.5 Å². The zero-order chi connectivity index (χ0) is 20.0. The average molecular weight is 388 g/mol. The average Bonchev–Trinajstić information content (AvgIpc) is 3.11. The van der Waals surface area contributed by atoms with Crippen LogP contribution in [0.15, 0.2) is 54.6 Å². The molecule has 146 valence electrons. The van der Waals surface area contributed by atoms with Crippen molar-refractivity contribution < 1.29 is 14.2 Å². The lowest BCUT2D eigenvalue weighted by Crippen LogP contribution is -2.32. The van der Waals surface area contributed by atoms with E-state index in [0.717, 1.165) is 39.1 Å². The third-order valence-electron chi connectivity index (χ3n) is 5.07. The first-order valence-electron chi connectivity index (χ1n) is 9.34. The summed E-state index contributed by atoms with van der Waals surface area (Å²) in [5.41, 5.74) is 11.2. The molecule has 1 aliphatic rings. The van der Waals surface area contributed by atoms with Crippen LogP contribution in [0.4, 0.5) is 5.82 Å². The number of fused-ring (bicyclic) bond motifs is 1. The van der Waals surface area contributed by atoms with Crippen molar-refractivity contribution in [2.75, 3.05) is 12.8 Å². The predicted molar refractivity (Wildman–Crippen MR) is 110 cm³/mol. The number of benzene rings is 2. The Morgan fingerprint density at radius 3 is 2.38 bits per heavy atom. The van der Waals surface area contributed by atoms with Crippen molar-refractivity contribution in [3.8, 4) is 28.1 Å². The highest BCUT2D eigenvalue weighted by Gasteiger charge is 2.35. The van der Waals surface area contributed by atoms with E-state index >= 15 is 0 Å². The zero-order valence-electron chi connectivity index (χ0n) is 16.0. The molecule has 3 N–H and O–H groups in total. The van der Waals surface area contributed by atoms with Crippen LogP contribution in [0.5, 0.6) is 5.75 Å². The fourth-order valence-electron chi connectivity index (χ4n) is 3.70. The van der Waals surface area contributed by atoms with E-state index in [-0.39, 0.29) is 6.29 Å². The van der Waals surface area contributed by atoms with Gasteiger partial charge in [0.25, 0.3) is 0 Å². The van der Waals surface area contributed by atoms with Crippen LogP contribution in [0.3, 0.4) is 0 Å². The van der Waals surface area contributed by atoms with E-state index in [1.807, 2.05) is 61.5 Å². The molecule has 7 nitrogen and oxygen atoms in total. The number of rotatable bonds is 4. The number of aromatic amines is 1. The van der Waals surface area contributed by atoms with Crippen molar-refractivity contribution >= 4 is 16.9 Å². The van der Waals surface area contributed by atoms with E-state index < -0.39 is 6.29 Å². The summed E-state index contributed by atoms with van der Waals surface area (Å²) in [6.07, 6.45) is -0.812. The van der Waals surface area contributed by atoms with Gasteiger partial charge in [-0.25, -0.2) is 4.98 Å². The molecule has 1 fully saturated rings. The Hall–Kier alpha value is -3.42. The molecule has 5 rings (SSSR count). The van der Waals surface area contributed by atoms with Gasteiger partial charge < -0.3 is 19.9 Å². The number of pyridine rings is 1. The van der Waals surface area contributed by atoms with Crippen molar-refractivity contribution in [1.29, 1.82) is 0 Å². The van der Waals surface area contributed by atoms with E-state index in [2.05, 4.69) is 10.2 Å². The van der Waals surface area contributed by atoms with Crippen molar-refractivity contribution in [1.82, 2.24) is 15.2 Å². The highest BCUT2D eigenvalue weighted by Crippen LogP contribution is 2.46. The number of aromatic nitrogens is 3. The van der Waals surface area contributed by atoms with Crippen LogP contribution in [0.1, 0.15) is 18.8 Å². The summed E-state index contributed by atoms with van der Waals surface area (Å²) in [6.45, 7) is 1.86. The number of hydrogen-bond donors (Lipinski definition) is 2. The highest BCUT2D eigenvalue weighted by molar-refractivity contribution is 6.03. The summed E-state index contributed by atoms with van der Waals surface area (Å²) < 4.78 is 17.1. The number of nitrogens with zero attached hydrogens (tertiary/aromatic N) is 2. The van der Waals surface area contributed by atoms with Crippen LogP contribution in [0.2, 0.25) is 0 Å². The molecule has 4 aromatic rings. The van der Waals surface area contributed by atoms with E-state index in [1.165, 1.54) is 0 Å². The smallest absolute Gasteiger partial charge is 0.192 e. The fraction of sp³-hybridized carbons (Fsp3) is 0.182. The van der Waals surface area contributed by atoms with Crippen LogP contribution < -0.4 is 10.5 Å². The monoisotopic (exact) mass is 388 g/mol. The third-order valence-corrected chi connectivity index (χ3v) is 5.07.